The summed E-state index contributed by atoms with van der Waals surface area (Å²) in [5, 5.41) is 0. The Labute approximate surface area is 107 Å². The van der Waals surface area contributed by atoms with Crippen LogP contribution in [0.5, 0.6) is 0 Å². The highest BCUT2D eigenvalue weighted by Crippen LogP contribution is 2.15. The molecule has 0 amide bonds. The quantitative estimate of drug-likeness (QED) is 0.557. The van der Waals surface area contributed by atoms with Crippen molar-refractivity contribution in [1.82, 2.24) is 0 Å². The highest BCUT2D eigenvalue weighted by molar-refractivity contribution is 5.81. The van der Waals surface area contributed by atoms with Crippen molar-refractivity contribution in [3.63, 3.8) is 0 Å². The topological polar surface area (TPSA) is 43.1 Å². The summed E-state index contributed by atoms with van der Waals surface area (Å²) in [6.45, 7) is 7.05. The lowest BCUT2D eigenvalue weighted by Gasteiger charge is -2.15. The van der Waals surface area contributed by atoms with Gasteiger partial charge >= 0.3 is 0 Å². The second kappa shape index (κ2) is 10.8. The van der Waals surface area contributed by atoms with Crippen LogP contribution in [0.3, 0.4) is 0 Å². The number of hydrogen-bond donors (Lipinski definition) is 1. The van der Waals surface area contributed by atoms with E-state index in [-0.39, 0.29) is 5.92 Å². The molecule has 0 aliphatic rings. The Morgan fingerprint density at radius 2 is 1.65 bits per heavy atom. The third-order valence-electron chi connectivity index (χ3n) is 3.27. The van der Waals surface area contributed by atoms with E-state index >= 15 is 0 Å². The summed E-state index contributed by atoms with van der Waals surface area (Å²) in [4.78, 5) is 11.9. The van der Waals surface area contributed by atoms with E-state index in [2.05, 4.69) is 20.8 Å². The number of hydrogen-bond acceptors (Lipinski definition) is 2. The van der Waals surface area contributed by atoms with Gasteiger partial charge in [0.25, 0.3) is 0 Å². The van der Waals surface area contributed by atoms with Gasteiger partial charge in [-0.2, -0.15) is 0 Å². The summed E-state index contributed by atoms with van der Waals surface area (Å²) >= 11 is 0. The maximum atomic E-state index is 11.9. The van der Waals surface area contributed by atoms with E-state index in [1.54, 1.807) is 0 Å². The first-order valence-electron chi connectivity index (χ1n) is 7.34. The van der Waals surface area contributed by atoms with Crippen molar-refractivity contribution in [2.45, 2.75) is 72.1 Å². The van der Waals surface area contributed by atoms with Crippen LogP contribution in [0.4, 0.5) is 0 Å². The maximum absolute atomic E-state index is 11.9. The predicted molar refractivity (Wildman–Crippen MR) is 75.0 cm³/mol. The molecule has 0 aromatic rings. The van der Waals surface area contributed by atoms with Gasteiger partial charge in [0.05, 0.1) is 0 Å². The third kappa shape index (κ3) is 9.34. The van der Waals surface area contributed by atoms with Crippen LogP contribution in [-0.4, -0.2) is 12.3 Å². The van der Waals surface area contributed by atoms with Gasteiger partial charge in [0.2, 0.25) is 0 Å². The molecule has 0 heterocycles. The number of nitrogens with two attached hydrogens (primary N) is 1. The molecule has 0 saturated heterocycles. The summed E-state index contributed by atoms with van der Waals surface area (Å²) < 4.78 is 0. The number of rotatable bonds is 11. The van der Waals surface area contributed by atoms with Crippen molar-refractivity contribution >= 4 is 5.78 Å². The van der Waals surface area contributed by atoms with Gasteiger partial charge in [0.1, 0.15) is 5.78 Å². The molecule has 17 heavy (non-hydrogen) atoms. The molecule has 1 atom stereocenters. The smallest absolute Gasteiger partial charge is 0.137 e. The summed E-state index contributed by atoms with van der Waals surface area (Å²) in [5.41, 5.74) is 5.67. The van der Waals surface area contributed by atoms with Gasteiger partial charge in [-0.1, -0.05) is 52.9 Å². The number of carbonyl (C=O) groups excluding carboxylic acids is 1. The summed E-state index contributed by atoms with van der Waals surface area (Å²) in [6, 6.07) is 0. The summed E-state index contributed by atoms with van der Waals surface area (Å²) in [7, 11) is 0. The summed E-state index contributed by atoms with van der Waals surface area (Å²) in [5.74, 6) is 1.05. The lowest BCUT2D eigenvalue weighted by atomic mass is 9.91. The lowest BCUT2D eigenvalue weighted by molar-refractivity contribution is -0.123. The zero-order valence-corrected chi connectivity index (χ0v) is 12.0. The Morgan fingerprint density at radius 1 is 1.06 bits per heavy atom. The lowest BCUT2D eigenvalue weighted by Crippen LogP contribution is -2.25. The minimum absolute atomic E-state index is 0.102. The molecule has 102 valence electrons. The van der Waals surface area contributed by atoms with Crippen LogP contribution in [-0.2, 0) is 4.79 Å². The molecular weight excluding hydrogens is 210 g/mol. The predicted octanol–water partition coefficient (Wildman–Crippen LogP) is 3.93. The Kier molecular flexibility index (Phi) is 10.5. The summed E-state index contributed by atoms with van der Waals surface area (Å²) in [6.07, 6.45) is 9.14. The van der Waals surface area contributed by atoms with Crippen molar-refractivity contribution in [3.8, 4) is 0 Å². The zero-order valence-electron chi connectivity index (χ0n) is 12.0. The largest absolute Gasteiger partial charge is 0.330 e. The van der Waals surface area contributed by atoms with Crippen molar-refractivity contribution < 1.29 is 4.79 Å². The fourth-order valence-corrected chi connectivity index (χ4v) is 2.21. The molecule has 0 aliphatic carbocycles. The molecular formula is C15H31NO. The van der Waals surface area contributed by atoms with Gasteiger partial charge in [-0.15, -0.1) is 0 Å². The monoisotopic (exact) mass is 241 g/mol. The Bertz CT molecular complexity index is 189. The third-order valence-corrected chi connectivity index (χ3v) is 3.27. The van der Waals surface area contributed by atoms with E-state index in [1.807, 2.05) is 0 Å². The van der Waals surface area contributed by atoms with Gasteiger partial charge in [-0.25, -0.2) is 0 Å². The fraction of sp³-hybridized carbons (Fsp3) is 0.933. The van der Waals surface area contributed by atoms with E-state index in [9.17, 15) is 4.79 Å². The van der Waals surface area contributed by atoms with E-state index in [0.29, 0.717) is 18.2 Å². The molecule has 1 unspecified atom stereocenters. The van der Waals surface area contributed by atoms with Gasteiger partial charge in [-0.05, 0) is 18.8 Å². The van der Waals surface area contributed by atoms with Crippen LogP contribution >= 0.6 is 0 Å². The van der Waals surface area contributed by atoms with E-state index < -0.39 is 0 Å². The van der Waals surface area contributed by atoms with Crippen LogP contribution in [0, 0.1) is 11.8 Å². The molecule has 0 radical (unpaired) electrons. The average molecular weight is 241 g/mol. The molecule has 0 fully saturated rings. The van der Waals surface area contributed by atoms with Gasteiger partial charge in [0.15, 0.2) is 0 Å². The molecule has 0 aromatic heterocycles. The number of carbonyl (C=O) groups is 1. The van der Waals surface area contributed by atoms with Crippen molar-refractivity contribution in [2.75, 3.05) is 6.54 Å². The number of ketones is 1. The van der Waals surface area contributed by atoms with Crippen LogP contribution in [0.1, 0.15) is 72.1 Å². The molecule has 0 bridgehead atoms. The van der Waals surface area contributed by atoms with Gasteiger partial charge in [0, 0.05) is 18.9 Å². The van der Waals surface area contributed by atoms with Crippen molar-refractivity contribution in [3.05, 3.63) is 0 Å². The standard InChI is InChI=1S/C15H31NO/c1-4-5-6-7-8-9-10-15(17)14(12-16)11-13(2)3/h13-14H,4-12,16H2,1-3H3. The molecule has 2 nitrogen and oxygen atoms in total. The van der Waals surface area contributed by atoms with E-state index in [0.717, 1.165) is 19.3 Å². The first-order chi connectivity index (χ1) is 8.11. The first kappa shape index (κ1) is 16.6. The molecule has 0 saturated carbocycles. The average Bonchev–Trinajstić information content (AvgIpc) is 2.30. The Balaban J connectivity index is 3.61. The molecule has 0 aliphatic heterocycles. The van der Waals surface area contributed by atoms with E-state index in [1.165, 1.54) is 32.1 Å². The van der Waals surface area contributed by atoms with Crippen LogP contribution < -0.4 is 5.73 Å². The van der Waals surface area contributed by atoms with Crippen molar-refractivity contribution in [2.24, 2.45) is 17.6 Å². The highest BCUT2D eigenvalue weighted by atomic mass is 16.1. The Hall–Kier alpha value is -0.370. The minimum Gasteiger partial charge on any atom is -0.330 e. The van der Waals surface area contributed by atoms with E-state index in [4.69, 9.17) is 5.73 Å². The molecule has 0 spiro atoms. The maximum Gasteiger partial charge on any atom is 0.137 e. The van der Waals surface area contributed by atoms with Crippen LogP contribution in [0.25, 0.3) is 0 Å². The fourth-order valence-electron chi connectivity index (χ4n) is 2.21. The number of Topliss-reactive ketones (excluding diaryl/α,β-unsaturated/α-hetero) is 1. The second-order valence-electron chi connectivity index (χ2n) is 5.55. The Morgan fingerprint density at radius 3 is 2.18 bits per heavy atom. The molecule has 2 N–H and O–H groups in total. The zero-order chi connectivity index (χ0) is 13.1. The second-order valence-corrected chi connectivity index (χ2v) is 5.55. The minimum atomic E-state index is 0.102. The van der Waals surface area contributed by atoms with Crippen LogP contribution in [0.15, 0.2) is 0 Å². The molecule has 2 heteroatoms. The van der Waals surface area contributed by atoms with Gasteiger partial charge in [-0.3, -0.25) is 4.79 Å². The normalized spacial score (nSPS) is 13.0. The molecule has 0 aromatic carbocycles. The van der Waals surface area contributed by atoms with Crippen molar-refractivity contribution in [1.29, 1.82) is 0 Å². The van der Waals surface area contributed by atoms with Gasteiger partial charge < -0.3 is 5.73 Å². The number of unbranched alkanes of at least 4 members (excludes halogenated alkanes) is 5. The SMILES string of the molecule is CCCCCCCCC(=O)C(CN)CC(C)C. The van der Waals surface area contributed by atoms with Crippen LogP contribution in [0.2, 0.25) is 0 Å². The first-order valence-corrected chi connectivity index (χ1v) is 7.34. The molecule has 0 rings (SSSR count). The highest BCUT2D eigenvalue weighted by Gasteiger charge is 2.17.